The van der Waals surface area contributed by atoms with Gasteiger partial charge < -0.3 is 9.47 Å². The summed E-state index contributed by atoms with van der Waals surface area (Å²) >= 11 is 6.21. The van der Waals surface area contributed by atoms with Crippen molar-refractivity contribution in [3.05, 3.63) is 23.8 Å². The van der Waals surface area contributed by atoms with E-state index in [0.717, 1.165) is 23.5 Å². The first-order chi connectivity index (χ1) is 7.70. The number of fused-ring (bicyclic) bond motifs is 1. The summed E-state index contributed by atoms with van der Waals surface area (Å²) in [6.07, 6.45) is 0.914. The van der Waals surface area contributed by atoms with Crippen molar-refractivity contribution in [3.63, 3.8) is 0 Å². The summed E-state index contributed by atoms with van der Waals surface area (Å²) in [5.74, 6) is 2.07. The Morgan fingerprint density at radius 3 is 2.69 bits per heavy atom. The van der Waals surface area contributed by atoms with Crippen molar-refractivity contribution < 1.29 is 9.47 Å². The molecule has 1 aromatic rings. The van der Waals surface area contributed by atoms with Crippen LogP contribution in [0.1, 0.15) is 31.2 Å². The molecular weight excluding hydrogens is 224 g/mol. The summed E-state index contributed by atoms with van der Waals surface area (Å²) in [7, 11) is 0. The van der Waals surface area contributed by atoms with Crippen LogP contribution in [-0.4, -0.2) is 13.2 Å². The maximum Gasteiger partial charge on any atom is 0.161 e. The van der Waals surface area contributed by atoms with Crippen molar-refractivity contribution in [3.8, 4) is 11.5 Å². The smallest absolute Gasteiger partial charge is 0.161 e. The Kier molecular flexibility index (Phi) is 3.59. The molecule has 0 aromatic heterocycles. The molecule has 1 heterocycles. The van der Waals surface area contributed by atoms with Gasteiger partial charge in [0.1, 0.15) is 0 Å². The summed E-state index contributed by atoms with van der Waals surface area (Å²) < 4.78 is 11.4. The predicted molar refractivity (Wildman–Crippen MR) is 65.5 cm³/mol. The van der Waals surface area contributed by atoms with Crippen LogP contribution in [0.25, 0.3) is 0 Å². The highest BCUT2D eigenvalue weighted by Gasteiger charge is 2.16. The van der Waals surface area contributed by atoms with E-state index in [0.29, 0.717) is 19.1 Å². The molecule has 0 N–H and O–H groups in total. The van der Waals surface area contributed by atoms with Crippen molar-refractivity contribution in [2.24, 2.45) is 5.92 Å². The summed E-state index contributed by atoms with van der Waals surface area (Å²) in [6, 6.07) is 5.96. The first-order valence-corrected chi connectivity index (χ1v) is 6.18. The standard InChI is InChI=1S/C13H17ClO2/c1-3-11(14)10-4-5-12-13(6-10)16-8-9(2)7-15-12/h4-6,9,11H,3,7-8H2,1-2H3. The first kappa shape index (κ1) is 11.6. The average molecular weight is 241 g/mol. The van der Waals surface area contributed by atoms with Crippen molar-refractivity contribution in [1.82, 2.24) is 0 Å². The van der Waals surface area contributed by atoms with Gasteiger partial charge in [-0.25, -0.2) is 0 Å². The van der Waals surface area contributed by atoms with Crippen LogP contribution < -0.4 is 9.47 Å². The molecule has 2 rings (SSSR count). The molecule has 1 aromatic carbocycles. The van der Waals surface area contributed by atoms with Gasteiger partial charge in [-0.2, -0.15) is 0 Å². The molecule has 0 saturated heterocycles. The zero-order valence-electron chi connectivity index (χ0n) is 9.70. The van der Waals surface area contributed by atoms with Crippen LogP contribution in [0.4, 0.5) is 0 Å². The third-order valence-corrected chi connectivity index (χ3v) is 3.30. The number of alkyl halides is 1. The van der Waals surface area contributed by atoms with Gasteiger partial charge in [0.2, 0.25) is 0 Å². The molecule has 0 amide bonds. The lowest BCUT2D eigenvalue weighted by molar-refractivity contribution is 0.228. The fourth-order valence-electron chi connectivity index (χ4n) is 1.70. The number of rotatable bonds is 2. The molecule has 2 nitrogen and oxygen atoms in total. The van der Waals surface area contributed by atoms with Crippen LogP contribution >= 0.6 is 11.6 Å². The van der Waals surface area contributed by atoms with Crippen LogP contribution in [0.5, 0.6) is 11.5 Å². The van der Waals surface area contributed by atoms with Crippen molar-refractivity contribution in [1.29, 1.82) is 0 Å². The van der Waals surface area contributed by atoms with Gasteiger partial charge >= 0.3 is 0 Å². The topological polar surface area (TPSA) is 18.5 Å². The average Bonchev–Trinajstić information content (AvgIpc) is 2.50. The maximum atomic E-state index is 6.21. The molecule has 3 heteroatoms. The Bertz CT molecular complexity index is 365. The zero-order chi connectivity index (χ0) is 11.5. The van der Waals surface area contributed by atoms with Crippen LogP contribution in [0.3, 0.4) is 0 Å². The van der Waals surface area contributed by atoms with Gasteiger partial charge in [-0.3, -0.25) is 0 Å². The monoisotopic (exact) mass is 240 g/mol. The highest BCUT2D eigenvalue weighted by atomic mass is 35.5. The van der Waals surface area contributed by atoms with Crippen LogP contribution in [0.15, 0.2) is 18.2 Å². The quantitative estimate of drug-likeness (QED) is 0.733. The molecule has 0 aliphatic carbocycles. The van der Waals surface area contributed by atoms with E-state index in [1.165, 1.54) is 0 Å². The summed E-state index contributed by atoms with van der Waals surface area (Å²) in [5.41, 5.74) is 1.10. The molecule has 0 bridgehead atoms. The molecule has 0 radical (unpaired) electrons. The Balaban J connectivity index is 2.25. The summed E-state index contributed by atoms with van der Waals surface area (Å²) in [5, 5.41) is 0.0505. The molecular formula is C13H17ClO2. The molecule has 0 fully saturated rings. The van der Waals surface area contributed by atoms with Gasteiger partial charge in [0.15, 0.2) is 11.5 Å². The Morgan fingerprint density at radius 1 is 1.31 bits per heavy atom. The van der Waals surface area contributed by atoms with Gasteiger partial charge in [-0.1, -0.05) is 19.9 Å². The highest BCUT2D eigenvalue weighted by molar-refractivity contribution is 6.20. The number of benzene rings is 1. The molecule has 0 saturated carbocycles. The van der Waals surface area contributed by atoms with E-state index >= 15 is 0 Å². The fraction of sp³-hybridized carbons (Fsp3) is 0.538. The Labute approximate surface area is 102 Å². The van der Waals surface area contributed by atoms with Crippen molar-refractivity contribution >= 4 is 11.6 Å². The maximum absolute atomic E-state index is 6.21. The second kappa shape index (κ2) is 4.96. The fourth-order valence-corrected chi connectivity index (χ4v) is 1.84. The van der Waals surface area contributed by atoms with Crippen LogP contribution in [0.2, 0.25) is 0 Å². The number of halogens is 1. The van der Waals surface area contributed by atoms with E-state index in [9.17, 15) is 0 Å². The lowest BCUT2D eigenvalue weighted by Crippen LogP contribution is -2.12. The first-order valence-electron chi connectivity index (χ1n) is 5.74. The minimum atomic E-state index is 0.0505. The van der Waals surface area contributed by atoms with Crippen molar-refractivity contribution in [2.75, 3.05) is 13.2 Å². The molecule has 1 aliphatic heterocycles. The Hall–Kier alpha value is -0.890. The summed E-state index contributed by atoms with van der Waals surface area (Å²) in [6.45, 7) is 5.60. The minimum Gasteiger partial charge on any atom is -0.489 e. The SMILES string of the molecule is CCC(Cl)c1ccc2c(c1)OCC(C)CO2. The molecule has 1 aliphatic rings. The van der Waals surface area contributed by atoms with Gasteiger partial charge in [0, 0.05) is 5.92 Å². The van der Waals surface area contributed by atoms with E-state index in [4.69, 9.17) is 21.1 Å². The van der Waals surface area contributed by atoms with E-state index in [1.54, 1.807) is 0 Å². The molecule has 2 unspecified atom stereocenters. The largest absolute Gasteiger partial charge is 0.489 e. The van der Waals surface area contributed by atoms with E-state index in [-0.39, 0.29) is 5.38 Å². The third kappa shape index (κ3) is 2.43. The molecule has 16 heavy (non-hydrogen) atoms. The number of ether oxygens (including phenoxy) is 2. The number of hydrogen-bond acceptors (Lipinski definition) is 2. The minimum absolute atomic E-state index is 0.0505. The second-order valence-corrected chi connectivity index (χ2v) is 4.84. The molecule has 0 spiro atoms. The van der Waals surface area contributed by atoms with E-state index in [2.05, 4.69) is 13.8 Å². The summed E-state index contributed by atoms with van der Waals surface area (Å²) in [4.78, 5) is 0. The van der Waals surface area contributed by atoms with E-state index in [1.807, 2.05) is 18.2 Å². The lowest BCUT2D eigenvalue weighted by Gasteiger charge is -2.11. The van der Waals surface area contributed by atoms with Crippen LogP contribution in [0, 0.1) is 5.92 Å². The van der Waals surface area contributed by atoms with Gasteiger partial charge in [-0.15, -0.1) is 11.6 Å². The normalized spacial score (nSPS) is 21.3. The van der Waals surface area contributed by atoms with Gasteiger partial charge in [0.25, 0.3) is 0 Å². The molecule has 2 atom stereocenters. The van der Waals surface area contributed by atoms with Gasteiger partial charge in [0.05, 0.1) is 18.6 Å². The predicted octanol–water partition coefficient (Wildman–Crippen LogP) is 3.78. The Morgan fingerprint density at radius 2 is 2.00 bits per heavy atom. The second-order valence-electron chi connectivity index (χ2n) is 4.31. The van der Waals surface area contributed by atoms with Crippen molar-refractivity contribution in [2.45, 2.75) is 25.6 Å². The van der Waals surface area contributed by atoms with Crippen LogP contribution in [-0.2, 0) is 0 Å². The third-order valence-electron chi connectivity index (χ3n) is 2.73. The molecule has 88 valence electrons. The lowest BCUT2D eigenvalue weighted by atomic mass is 10.1. The zero-order valence-corrected chi connectivity index (χ0v) is 10.5. The van der Waals surface area contributed by atoms with E-state index < -0.39 is 0 Å². The van der Waals surface area contributed by atoms with Gasteiger partial charge in [-0.05, 0) is 24.1 Å². The highest BCUT2D eigenvalue weighted by Crippen LogP contribution is 2.35. The number of hydrogen-bond donors (Lipinski definition) is 0.